The number of carbonyl (C=O) groups excluding carboxylic acids is 4. The van der Waals surface area contributed by atoms with E-state index in [9.17, 15) is 19.2 Å². The van der Waals surface area contributed by atoms with Gasteiger partial charge < -0.3 is 23.5 Å². The highest BCUT2D eigenvalue weighted by molar-refractivity contribution is 6.00. The number of benzene rings is 2. The molecular weight excluding hydrogens is 642 g/mol. The summed E-state index contributed by atoms with van der Waals surface area (Å²) in [5, 5.41) is 2.99. The number of methoxy groups -OCH3 is 2. The highest BCUT2D eigenvalue weighted by Crippen LogP contribution is 2.40. The molecule has 0 radical (unpaired) electrons. The van der Waals surface area contributed by atoms with Gasteiger partial charge in [-0.1, -0.05) is 53.7 Å². The van der Waals surface area contributed by atoms with Crippen LogP contribution in [0.1, 0.15) is 93.0 Å². The third kappa shape index (κ3) is 6.44. The molecule has 13 heteroatoms. The van der Waals surface area contributed by atoms with Gasteiger partial charge in [-0.05, 0) is 37.1 Å². The second-order valence-electron chi connectivity index (χ2n) is 14.8. The van der Waals surface area contributed by atoms with Crippen molar-refractivity contribution in [1.29, 1.82) is 0 Å². The molecule has 13 nitrogen and oxygen atoms in total. The second kappa shape index (κ2) is 12.9. The van der Waals surface area contributed by atoms with Crippen molar-refractivity contribution in [3.63, 3.8) is 0 Å². The van der Waals surface area contributed by atoms with Gasteiger partial charge in [-0.2, -0.15) is 0 Å². The van der Waals surface area contributed by atoms with Crippen molar-refractivity contribution in [3.05, 3.63) is 53.4 Å². The number of rotatable bonds is 9. The van der Waals surface area contributed by atoms with E-state index in [2.05, 4.69) is 22.0 Å². The number of ketones is 1. The van der Waals surface area contributed by atoms with Crippen molar-refractivity contribution < 1.29 is 38.1 Å². The molecule has 0 spiro atoms. The molecule has 264 valence electrons. The number of imidazole rings is 2. The molecule has 4 aromatic rings. The third-order valence-electron chi connectivity index (χ3n) is 9.05. The van der Waals surface area contributed by atoms with Crippen molar-refractivity contribution in [1.82, 2.24) is 19.1 Å². The normalized spacial score (nSPS) is 17.0. The topological polar surface area (TPSA) is 153 Å². The fraction of sp³-hybridized carbons (Fsp3) is 0.459. The van der Waals surface area contributed by atoms with Crippen molar-refractivity contribution in [2.24, 2.45) is 10.8 Å². The maximum absolute atomic E-state index is 13.2. The summed E-state index contributed by atoms with van der Waals surface area (Å²) in [6.45, 7) is 11.7. The van der Waals surface area contributed by atoms with Gasteiger partial charge in [0.25, 0.3) is 0 Å². The van der Waals surface area contributed by atoms with Gasteiger partial charge in [0.1, 0.15) is 47.4 Å². The first-order chi connectivity index (χ1) is 23.6. The summed E-state index contributed by atoms with van der Waals surface area (Å²) < 4.78 is 26.2. The van der Waals surface area contributed by atoms with Crippen LogP contribution in [-0.2, 0) is 25.5 Å². The fourth-order valence-corrected chi connectivity index (χ4v) is 6.16. The van der Waals surface area contributed by atoms with E-state index in [4.69, 9.17) is 28.9 Å². The molecule has 1 amide bonds. The second-order valence-corrected chi connectivity index (χ2v) is 14.8. The van der Waals surface area contributed by atoms with Gasteiger partial charge in [-0.15, -0.1) is 0 Å². The maximum Gasteiger partial charge on any atom is 0.338 e. The Morgan fingerprint density at radius 2 is 1.28 bits per heavy atom. The fourth-order valence-electron chi connectivity index (χ4n) is 6.16. The molecule has 0 fully saturated rings. The predicted octanol–water partition coefficient (Wildman–Crippen LogP) is 6.01. The van der Waals surface area contributed by atoms with Crippen LogP contribution in [0.15, 0.2) is 36.4 Å². The van der Waals surface area contributed by atoms with Crippen LogP contribution >= 0.6 is 0 Å². The SMILES string of the molecule is COC(=O)c1cc2c3c(c1)nc(CC(=O)C(C)(C)C)n3[C@@H](C/C=C/C[C@H]1COc3cc(C(=O)OC)cc4nc(NC(=O)C(C)(C)C)n1c34)CO2. The first-order valence-corrected chi connectivity index (χ1v) is 16.6. The predicted molar refractivity (Wildman–Crippen MR) is 186 cm³/mol. The summed E-state index contributed by atoms with van der Waals surface area (Å²) in [6, 6.07) is 6.24. The molecular formula is C37H43N5O8. The largest absolute Gasteiger partial charge is 0.489 e. The van der Waals surface area contributed by atoms with Gasteiger partial charge in [-0.3, -0.25) is 19.5 Å². The number of allylic oxidation sites excluding steroid dienone is 2. The quantitative estimate of drug-likeness (QED) is 0.164. The zero-order chi connectivity index (χ0) is 36.1. The molecule has 6 rings (SSSR count). The van der Waals surface area contributed by atoms with Crippen molar-refractivity contribution in [2.45, 2.75) is 72.9 Å². The lowest BCUT2D eigenvalue weighted by atomic mass is 9.89. The van der Waals surface area contributed by atoms with E-state index in [1.165, 1.54) is 14.2 Å². The Morgan fingerprint density at radius 3 is 1.78 bits per heavy atom. The number of amides is 1. The molecule has 2 atom stereocenters. The zero-order valence-corrected chi connectivity index (χ0v) is 29.7. The maximum atomic E-state index is 13.2. The summed E-state index contributed by atoms with van der Waals surface area (Å²) in [5.41, 5.74) is 1.93. The number of nitrogens with zero attached hydrogens (tertiary/aromatic N) is 4. The summed E-state index contributed by atoms with van der Waals surface area (Å²) in [4.78, 5) is 60.5. The average molecular weight is 686 g/mol. The van der Waals surface area contributed by atoms with Crippen LogP contribution in [0.25, 0.3) is 22.1 Å². The van der Waals surface area contributed by atoms with Gasteiger partial charge in [0.2, 0.25) is 11.9 Å². The monoisotopic (exact) mass is 685 g/mol. The number of ether oxygens (including phenoxy) is 4. The highest BCUT2D eigenvalue weighted by atomic mass is 16.5. The van der Waals surface area contributed by atoms with E-state index in [1.807, 2.05) is 46.1 Å². The summed E-state index contributed by atoms with van der Waals surface area (Å²) in [6.07, 6.45) is 5.42. The van der Waals surface area contributed by atoms with Crippen LogP contribution in [-0.4, -0.2) is 70.2 Å². The minimum absolute atomic E-state index is 0.0527. The molecule has 0 saturated heterocycles. The van der Waals surface area contributed by atoms with Crippen molar-refractivity contribution in [2.75, 3.05) is 32.8 Å². The molecule has 2 aliphatic heterocycles. The third-order valence-corrected chi connectivity index (χ3v) is 9.05. The van der Waals surface area contributed by atoms with Crippen molar-refractivity contribution in [3.8, 4) is 11.5 Å². The standard InChI is InChI=1S/C37H43N5O8/c1-36(2,3)28(43)17-29-38-24-13-20(32(44)47-7)15-26-30(24)41(29)22(18-49-26)11-9-10-12-23-19-50-27-16-21(33(45)48-8)14-25-31(27)42(23)35(39-25)40-34(46)37(4,5)6/h9-10,13-16,22-23H,11-12,17-19H2,1-8H3,(H,39,40,46)/b10-9+/t22-,23-/m0/s1. The van der Waals surface area contributed by atoms with E-state index in [0.717, 1.165) is 5.52 Å². The first kappa shape index (κ1) is 34.7. The van der Waals surface area contributed by atoms with Crippen LogP contribution in [0.5, 0.6) is 11.5 Å². The Hall–Kier alpha value is -5.20. The molecule has 0 aliphatic carbocycles. The van der Waals surface area contributed by atoms with E-state index in [1.54, 1.807) is 24.3 Å². The molecule has 0 bridgehead atoms. The van der Waals surface area contributed by atoms with E-state index in [-0.39, 0.29) is 36.8 Å². The first-order valence-electron chi connectivity index (χ1n) is 16.6. The molecule has 0 unspecified atom stereocenters. The Morgan fingerprint density at radius 1 is 0.780 bits per heavy atom. The smallest absolute Gasteiger partial charge is 0.338 e. The summed E-state index contributed by atoms with van der Waals surface area (Å²) in [5.74, 6) is 0.865. The Balaban J connectivity index is 1.29. The zero-order valence-electron chi connectivity index (χ0n) is 29.7. The van der Waals surface area contributed by atoms with Crippen LogP contribution < -0.4 is 14.8 Å². The van der Waals surface area contributed by atoms with Crippen LogP contribution in [0.4, 0.5) is 5.95 Å². The van der Waals surface area contributed by atoms with E-state index >= 15 is 0 Å². The molecule has 2 aromatic carbocycles. The number of nitrogens with one attached hydrogen (secondary N) is 1. The van der Waals surface area contributed by atoms with Gasteiger partial charge in [0.15, 0.2) is 0 Å². The highest BCUT2D eigenvalue weighted by Gasteiger charge is 2.33. The number of anilines is 1. The number of hydrogen-bond acceptors (Lipinski definition) is 10. The average Bonchev–Trinajstić information content (AvgIpc) is 3.62. The lowest BCUT2D eigenvalue weighted by molar-refractivity contribution is -0.125. The molecule has 4 heterocycles. The summed E-state index contributed by atoms with van der Waals surface area (Å²) >= 11 is 0. The molecule has 2 aromatic heterocycles. The molecule has 50 heavy (non-hydrogen) atoms. The van der Waals surface area contributed by atoms with E-state index in [0.29, 0.717) is 70.4 Å². The number of hydrogen-bond donors (Lipinski definition) is 1. The Labute approximate surface area is 289 Å². The number of Topliss-reactive ketones (excluding diaryl/α,β-unsaturated/α-hetero) is 1. The van der Waals surface area contributed by atoms with Gasteiger partial charge >= 0.3 is 11.9 Å². The lowest BCUT2D eigenvalue weighted by Gasteiger charge is -2.28. The van der Waals surface area contributed by atoms with E-state index < -0.39 is 22.8 Å². The van der Waals surface area contributed by atoms with Crippen LogP contribution in [0.2, 0.25) is 0 Å². The van der Waals surface area contributed by atoms with Crippen LogP contribution in [0, 0.1) is 10.8 Å². The Bertz CT molecular complexity index is 1910. The minimum Gasteiger partial charge on any atom is -0.489 e. The van der Waals surface area contributed by atoms with Crippen molar-refractivity contribution >= 4 is 51.6 Å². The number of carbonyl (C=O) groups is 4. The van der Waals surface area contributed by atoms with Gasteiger partial charge in [0, 0.05) is 10.8 Å². The number of esters is 2. The summed E-state index contributed by atoms with van der Waals surface area (Å²) in [7, 11) is 2.64. The Kier molecular flexibility index (Phi) is 8.96. The lowest BCUT2D eigenvalue weighted by Crippen LogP contribution is -2.31. The molecule has 2 aliphatic rings. The molecule has 0 saturated carbocycles. The minimum atomic E-state index is -0.657. The van der Waals surface area contributed by atoms with Gasteiger partial charge in [0.05, 0.1) is 54.9 Å². The van der Waals surface area contributed by atoms with Gasteiger partial charge in [-0.25, -0.2) is 19.6 Å². The van der Waals surface area contributed by atoms with Crippen LogP contribution in [0.3, 0.4) is 0 Å². The number of aromatic nitrogens is 4. The molecule has 1 N–H and O–H groups in total.